The fraction of sp³-hybridized carbons (Fsp3) is 0.647. The molecule has 0 bridgehead atoms. The van der Waals surface area contributed by atoms with Crippen LogP contribution in [0, 0.1) is 0 Å². The van der Waals surface area contributed by atoms with Gasteiger partial charge < -0.3 is 5.11 Å². The number of nitrogens with zero attached hydrogens (tertiary/aromatic N) is 1. The summed E-state index contributed by atoms with van der Waals surface area (Å²) in [5.74, 6) is 0. The first-order valence-electron chi connectivity index (χ1n) is 7.61. The van der Waals surface area contributed by atoms with Crippen LogP contribution in [-0.2, 0) is 6.42 Å². The third-order valence-corrected chi connectivity index (χ3v) is 4.51. The van der Waals surface area contributed by atoms with Crippen molar-refractivity contribution in [1.82, 2.24) is 4.90 Å². The first-order valence-corrected chi connectivity index (χ1v) is 7.61. The molecule has 2 heteroatoms. The fourth-order valence-corrected chi connectivity index (χ4v) is 3.26. The van der Waals surface area contributed by atoms with Gasteiger partial charge in [-0.1, -0.05) is 58.0 Å². The van der Waals surface area contributed by atoms with Gasteiger partial charge >= 0.3 is 0 Å². The number of aliphatic hydroxyl groups excluding tert-OH is 1. The molecule has 0 aliphatic heterocycles. The van der Waals surface area contributed by atoms with E-state index in [0.29, 0.717) is 0 Å². The van der Waals surface area contributed by atoms with Crippen molar-refractivity contribution in [1.29, 1.82) is 0 Å². The van der Waals surface area contributed by atoms with Crippen molar-refractivity contribution in [2.24, 2.45) is 0 Å². The van der Waals surface area contributed by atoms with Crippen LogP contribution in [0.4, 0.5) is 0 Å². The summed E-state index contributed by atoms with van der Waals surface area (Å²) in [7, 11) is 0. The van der Waals surface area contributed by atoms with E-state index in [1.807, 2.05) is 18.2 Å². The van der Waals surface area contributed by atoms with Gasteiger partial charge in [-0.2, -0.15) is 0 Å². The number of benzene rings is 1. The summed E-state index contributed by atoms with van der Waals surface area (Å²) in [6.07, 6.45) is 2.39. The molecule has 1 rings (SSSR count). The second-order valence-corrected chi connectivity index (χ2v) is 5.19. The van der Waals surface area contributed by atoms with Gasteiger partial charge in [0, 0.05) is 12.0 Å². The van der Waals surface area contributed by atoms with Gasteiger partial charge in [-0.25, -0.2) is 0 Å². The third-order valence-electron chi connectivity index (χ3n) is 4.51. The Bertz CT molecular complexity index is 342. The van der Waals surface area contributed by atoms with E-state index in [2.05, 4.69) is 44.7 Å². The van der Waals surface area contributed by atoms with E-state index >= 15 is 0 Å². The van der Waals surface area contributed by atoms with Crippen LogP contribution in [0.3, 0.4) is 0 Å². The predicted molar refractivity (Wildman–Crippen MR) is 82.4 cm³/mol. The minimum atomic E-state index is -0.315. The molecule has 1 N–H and O–H groups in total. The number of aliphatic hydroxyl groups is 1. The average Bonchev–Trinajstić information content (AvgIpc) is 2.45. The number of hydrogen-bond donors (Lipinski definition) is 1. The third kappa shape index (κ3) is 3.58. The smallest absolute Gasteiger partial charge is 0.0763 e. The molecule has 0 aliphatic carbocycles. The summed E-state index contributed by atoms with van der Waals surface area (Å²) in [5, 5.41) is 10.8. The monoisotopic (exact) mass is 263 g/mol. The van der Waals surface area contributed by atoms with Crippen LogP contribution >= 0.6 is 0 Å². The molecule has 0 saturated carbocycles. The van der Waals surface area contributed by atoms with Gasteiger partial charge in [0.05, 0.1) is 6.10 Å². The van der Waals surface area contributed by atoms with E-state index < -0.39 is 0 Å². The van der Waals surface area contributed by atoms with E-state index in [4.69, 9.17) is 0 Å². The summed E-state index contributed by atoms with van der Waals surface area (Å²) < 4.78 is 0. The lowest BCUT2D eigenvalue weighted by atomic mass is 9.81. The molecule has 1 unspecified atom stereocenters. The highest BCUT2D eigenvalue weighted by Gasteiger charge is 2.38. The molecule has 0 spiro atoms. The highest BCUT2D eigenvalue weighted by atomic mass is 16.3. The molecule has 0 amide bonds. The predicted octanol–water partition coefficient (Wildman–Crippen LogP) is 3.49. The molecule has 108 valence electrons. The number of likely N-dealkylation sites (N-methyl/N-ethyl adjacent to an activating group) is 1. The molecule has 1 atom stereocenters. The molecule has 0 aromatic heterocycles. The summed E-state index contributed by atoms with van der Waals surface area (Å²) >= 11 is 0. The number of rotatable bonds is 8. The van der Waals surface area contributed by atoms with E-state index in [0.717, 1.165) is 32.4 Å². The molecule has 2 nitrogen and oxygen atoms in total. The van der Waals surface area contributed by atoms with Crippen LogP contribution < -0.4 is 0 Å². The zero-order chi connectivity index (χ0) is 14.3. The Labute approximate surface area is 118 Å². The normalized spacial score (nSPS) is 13.8. The second-order valence-electron chi connectivity index (χ2n) is 5.19. The second kappa shape index (κ2) is 7.66. The Balaban J connectivity index is 2.91. The molecule has 1 aromatic rings. The molecule has 0 aliphatic rings. The van der Waals surface area contributed by atoms with E-state index in [-0.39, 0.29) is 11.6 Å². The van der Waals surface area contributed by atoms with Crippen LogP contribution in [-0.4, -0.2) is 34.7 Å². The summed E-state index contributed by atoms with van der Waals surface area (Å²) in [5.41, 5.74) is 1.12. The molecule has 19 heavy (non-hydrogen) atoms. The zero-order valence-electron chi connectivity index (χ0n) is 12.9. The zero-order valence-corrected chi connectivity index (χ0v) is 12.9. The van der Waals surface area contributed by atoms with Crippen LogP contribution in [0.5, 0.6) is 0 Å². The van der Waals surface area contributed by atoms with Gasteiger partial charge in [0.1, 0.15) is 0 Å². The van der Waals surface area contributed by atoms with Gasteiger partial charge in [-0.3, -0.25) is 4.90 Å². The lowest BCUT2D eigenvalue weighted by Gasteiger charge is -2.46. The Hall–Kier alpha value is -0.860. The molecular formula is C17H29NO. The van der Waals surface area contributed by atoms with Crippen molar-refractivity contribution in [2.75, 3.05) is 13.1 Å². The summed E-state index contributed by atoms with van der Waals surface area (Å²) in [6, 6.07) is 10.3. The quantitative estimate of drug-likeness (QED) is 0.776. The molecule has 0 saturated heterocycles. The largest absolute Gasteiger partial charge is 0.391 e. The van der Waals surface area contributed by atoms with Crippen molar-refractivity contribution >= 4 is 0 Å². The highest BCUT2D eigenvalue weighted by Crippen LogP contribution is 2.29. The minimum absolute atomic E-state index is 0.0979. The first-order chi connectivity index (χ1) is 9.14. The maximum atomic E-state index is 10.8. The maximum absolute atomic E-state index is 10.8. The fourth-order valence-electron chi connectivity index (χ4n) is 3.26. The van der Waals surface area contributed by atoms with Gasteiger partial charge in [-0.15, -0.1) is 0 Å². The van der Waals surface area contributed by atoms with Gasteiger partial charge in [-0.05, 0) is 31.5 Å². The SMILES string of the molecule is CCN(CC)C(CC)(CC)C(O)Cc1ccccc1. The van der Waals surface area contributed by atoms with Gasteiger partial charge in [0.15, 0.2) is 0 Å². The van der Waals surface area contributed by atoms with Gasteiger partial charge in [0.25, 0.3) is 0 Å². The topological polar surface area (TPSA) is 23.5 Å². The van der Waals surface area contributed by atoms with Crippen molar-refractivity contribution < 1.29 is 5.11 Å². The van der Waals surface area contributed by atoms with E-state index in [9.17, 15) is 5.11 Å². The summed E-state index contributed by atoms with van der Waals surface area (Å²) in [6.45, 7) is 10.7. The van der Waals surface area contributed by atoms with Crippen LogP contribution in [0.2, 0.25) is 0 Å². The van der Waals surface area contributed by atoms with Crippen LogP contribution in [0.1, 0.15) is 46.1 Å². The lowest BCUT2D eigenvalue weighted by Crippen LogP contribution is -2.56. The highest BCUT2D eigenvalue weighted by molar-refractivity contribution is 5.17. The summed E-state index contributed by atoms with van der Waals surface area (Å²) in [4.78, 5) is 2.42. The van der Waals surface area contributed by atoms with E-state index in [1.54, 1.807) is 0 Å². The molecular weight excluding hydrogens is 234 g/mol. The van der Waals surface area contributed by atoms with Crippen molar-refractivity contribution in [2.45, 2.75) is 58.6 Å². The van der Waals surface area contributed by atoms with Crippen molar-refractivity contribution in [3.8, 4) is 0 Å². The Kier molecular flexibility index (Phi) is 6.53. The lowest BCUT2D eigenvalue weighted by molar-refractivity contribution is -0.0340. The molecule has 0 heterocycles. The van der Waals surface area contributed by atoms with E-state index in [1.165, 1.54) is 5.56 Å². The van der Waals surface area contributed by atoms with Crippen LogP contribution in [0.25, 0.3) is 0 Å². The Morgan fingerprint density at radius 3 is 1.95 bits per heavy atom. The molecule has 0 fully saturated rings. The van der Waals surface area contributed by atoms with Crippen molar-refractivity contribution in [3.63, 3.8) is 0 Å². The standard InChI is InChI=1S/C17H29NO/c1-5-17(6-2,18(7-3)8-4)16(19)14-15-12-10-9-11-13-15/h9-13,16,19H,5-8,14H2,1-4H3. The average molecular weight is 263 g/mol. The number of hydrogen-bond acceptors (Lipinski definition) is 2. The molecule has 0 radical (unpaired) electrons. The Morgan fingerprint density at radius 1 is 1.00 bits per heavy atom. The van der Waals surface area contributed by atoms with Gasteiger partial charge in [0.2, 0.25) is 0 Å². The van der Waals surface area contributed by atoms with Crippen LogP contribution in [0.15, 0.2) is 30.3 Å². The maximum Gasteiger partial charge on any atom is 0.0763 e. The first kappa shape index (κ1) is 16.2. The van der Waals surface area contributed by atoms with Crippen molar-refractivity contribution in [3.05, 3.63) is 35.9 Å². The minimum Gasteiger partial charge on any atom is -0.391 e. The Morgan fingerprint density at radius 2 is 1.53 bits per heavy atom. The molecule has 1 aromatic carbocycles.